The standard InChI is InChI=1S/C13H11NOS/c1-2-13(15)14-12-5-3-4-9-6-7-10(16)8-11(9)12/h2-8,16H,1H2,(H,14,15). The van der Waals surface area contributed by atoms with Crippen molar-refractivity contribution in [1.82, 2.24) is 0 Å². The second kappa shape index (κ2) is 4.41. The molecular formula is C13H11NOS. The Kier molecular flexibility index (Phi) is 2.97. The van der Waals surface area contributed by atoms with E-state index >= 15 is 0 Å². The molecule has 0 atom stereocenters. The summed E-state index contributed by atoms with van der Waals surface area (Å²) in [4.78, 5) is 12.1. The van der Waals surface area contributed by atoms with Crippen LogP contribution in [0.5, 0.6) is 0 Å². The summed E-state index contributed by atoms with van der Waals surface area (Å²) in [5, 5.41) is 4.82. The topological polar surface area (TPSA) is 29.1 Å². The van der Waals surface area contributed by atoms with E-state index in [2.05, 4.69) is 24.5 Å². The van der Waals surface area contributed by atoms with Crippen LogP contribution in [0.15, 0.2) is 53.9 Å². The van der Waals surface area contributed by atoms with E-state index in [1.165, 1.54) is 6.08 Å². The van der Waals surface area contributed by atoms with Crippen LogP contribution in [0.2, 0.25) is 0 Å². The first-order chi connectivity index (χ1) is 7.70. The van der Waals surface area contributed by atoms with Crippen LogP contribution in [0.25, 0.3) is 10.8 Å². The second-order valence-electron chi connectivity index (χ2n) is 3.40. The molecule has 2 aromatic rings. The van der Waals surface area contributed by atoms with Crippen molar-refractivity contribution in [3.63, 3.8) is 0 Å². The van der Waals surface area contributed by atoms with Crippen molar-refractivity contribution in [2.75, 3.05) is 5.32 Å². The summed E-state index contributed by atoms with van der Waals surface area (Å²) < 4.78 is 0. The summed E-state index contributed by atoms with van der Waals surface area (Å²) in [6, 6.07) is 11.6. The number of anilines is 1. The molecular weight excluding hydrogens is 218 g/mol. The predicted octanol–water partition coefficient (Wildman–Crippen LogP) is 3.25. The average molecular weight is 229 g/mol. The lowest BCUT2D eigenvalue weighted by atomic mass is 10.1. The van der Waals surface area contributed by atoms with Crippen molar-refractivity contribution in [3.8, 4) is 0 Å². The molecule has 0 saturated heterocycles. The van der Waals surface area contributed by atoms with E-state index in [0.717, 1.165) is 21.4 Å². The van der Waals surface area contributed by atoms with Crippen LogP contribution in [-0.4, -0.2) is 5.91 Å². The van der Waals surface area contributed by atoms with E-state index in [-0.39, 0.29) is 5.91 Å². The first kappa shape index (κ1) is 10.8. The van der Waals surface area contributed by atoms with Crippen LogP contribution in [0.1, 0.15) is 0 Å². The lowest BCUT2D eigenvalue weighted by Gasteiger charge is -2.07. The van der Waals surface area contributed by atoms with Crippen LogP contribution >= 0.6 is 12.6 Å². The molecule has 0 spiro atoms. The minimum absolute atomic E-state index is 0.211. The van der Waals surface area contributed by atoms with Crippen molar-refractivity contribution in [2.45, 2.75) is 4.90 Å². The Morgan fingerprint density at radius 1 is 1.31 bits per heavy atom. The van der Waals surface area contributed by atoms with Gasteiger partial charge in [-0.2, -0.15) is 0 Å². The Morgan fingerprint density at radius 3 is 2.88 bits per heavy atom. The van der Waals surface area contributed by atoms with E-state index < -0.39 is 0 Å². The van der Waals surface area contributed by atoms with Gasteiger partial charge in [-0.05, 0) is 29.7 Å². The predicted molar refractivity (Wildman–Crippen MR) is 70.0 cm³/mol. The van der Waals surface area contributed by atoms with Crippen molar-refractivity contribution in [2.24, 2.45) is 0 Å². The molecule has 0 bridgehead atoms. The van der Waals surface area contributed by atoms with Crippen molar-refractivity contribution >= 4 is 35.0 Å². The number of fused-ring (bicyclic) bond motifs is 1. The van der Waals surface area contributed by atoms with E-state index in [4.69, 9.17) is 0 Å². The number of thiol groups is 1. The van der Waals surface area contributed by atoms with Crippen LogP contribution in [0, 0.1) is 0 Å². The van der Waals surface area contributed by atoms with Gasteiger partial charge in [-0.25, -0.2) is 0 Å². The van der Waals surface area contributed by atoms with Gasteiger partial charge in [-0.15, -0.1) is 12.6 Å². The van der Waals surface area contributed by atoms with Gasteiger partial charge in [0, 0.05) is 16.0 Å². The molecule has 2 aromatic carbocycles. The summed E-state index contributed by atoms with van der Waals surface area (Å²) >= 11 is 4.29. The zero-order valence-electron chi connectivity index (χ0n) is 8.60. The molecule has 0 aliphatic carbocycles. The molecule has 0 saturated carbocycles. The molecule has 2 rings (SSSR count). The highest BCUT2D eigenvalue weighted by Gasteiger charge is 2.02. The first-order valence-electron chi connectivity index (χ1n) is 4.86. The average Bonchev–Trinajstić information content (AvgIpc) is 2.29. The van der Waals surface area contributed by atoms with Gasteiger partial charge in [-0.1, -0.05) is 24.8 Å². The number of rotatable bonds is 2. The lowest BCUT2D eigenvalue weighted by Crippen LogP contribution is -2.07. The molecule has 16 heavy (non-hydrogen) atoms. The zero-order valence-corrected chi connectivity index (χ0v) is 9.50. The van der Waals surface area contributed by atoms with Crippen LogP contribution in [-0.2, 0) is 4.79 Å². The molecule has 0 unspecified atom stereocenters. The Morgan fingerprint density at radius 2 is 2.12 bits per heavy atom. The van der Waals surface area contributed by atoms with Crippen LogP contribution < -0.4 is 5.32 Å². The van der Waals surface area contributed by atoms with Gasteiger partial charge in [-0.3, -0.25) is 4.79 Å². The SMILES string of the molecule is C=CC(=O)Nc1cccc2ccc(S)cc12. The Balaban J connectivity index is 2.55. The Bertz CT molecular complexity index is 563. The summed E-state index contributed by atoms with van der Waals surface area (Å²) in [6.07, 6.45) is 1.25. The van der Waals surface area contributed by atoms with Gasteiger partial charge in [0.05, 0.1) is 0 Å². The normalized spacial score (nSPS) is 10.1. The molecule has 0 aliphatic heterocycles. The number of carbonyl (C=O) groups is 1. The molecule has 0 fully saturated rings. The van der Waals surface area contributed by atoms with Crippen molar-refractivity contribution < 1.29 is 4.79 Å². The minimum Gasteiger partial charge on any atom is -0.322 e. The number of amides is 1. The van der Waals surface area contributed by atoms with E-state index in [9.17, 15) is 4.79 Å². The first-order valence-corrected chi connectivity index (χ1v) is 5.30. The smallest absolute Gasteiger partial charge is 0.247 e. The third-order valence-corrected chi connectivity index (χ3v) is 2.59. The number of hydrogen-bond acceptors (Lipinski definition) is 2. The largest absolute Gasteiger partial charge is 0.322 e. The van der Waals surface area contributed by atoms with Gasteiger partial charge >= 0.3 is 0 Å². The summed E-state index contributed by atoms with van der Waals surface area (Å²) in [6.45, 7) is 3.43. The molecule has 3 heteroatoms. The fourth-order valence-corrected chi connectivity index (χ4v) is 1.76. The quantitative estimate of drug-likeness (QED) is 0.600. The maximum atomic E-state index is 11.3. The highest BCUT2D eigenvalue weighted by Crippen LogP contribution is 2.25. The Hall–Kier alpha value is -1.74. The highest BCUT2D eigenvalue weighted by atomic mass is 32.1. The van der Waals surface area contributed by atoms with Gasteiger partial charge in [0.15, 0.2) is 0 Å². The van der Waals surface area contributed by atoms with Gasteiger partial charge in [0.1, 0.15) is 0 Å². The highest BCUT2D eigenvalue weighted by molar-refractivity contribution is 7.80. The fraction of sp³-hybridized carbons (Fsp3) is 0. The van der Waals surface area contributed by atoms with Gasteiger partial charge < -0.3 is 5.32 Å². The third-order valence-electron chi connectivity index (χ3n) is 2.31. The molecule has 1 amide bonds. The lowest BCUT2D eigenvalue weighted by molar-refractivity contribution is -0.111. The van der Waals surface area contributed by atoms with Crippen LogP contribution in [0.4, 0.5) is 5.69 Å². The maximum absolute atomic E-state index is 11.3. The van der Waals surface area contributed by atoms with E-state index in [1.54, 1.807) is 0 Å². The maximum Gasteiger partial charge on any atom is 0.247 e. The molecule has 1 N–H and O–H groups in total. The van der Waals surface area contributed by atoms with E-state index in [1.807, 2.05) is 36.4 Å². The number of carbonyl (C=O) groups excluding carboxylic acids is 1. The number of nitrogens with one attached hydrogen (secondary N) is 1. The van der Waals surface area contributed by atoms with Crippen LogP contribution in [0.3, 0.4) is 0 Å². The number of benzene rings is 2. The van der Waals surface area contributed by atoms with E-state index in [0.29, 0.717) is 0 Å². The molecule has 0 aliphatic rings. The molecule has 80 valence electrons. The summed E-state index contributed by atoms with van der Waals surface area (Å²) in [5.74, 6) is -0.211. The van der Waals surface area contributed by atoms with Crippen molar-refractivity contribution in [3.05, 3.63) is 49.1 Å². The third kappa shape index (κ3) is 2.09. The summed E-state index contributed by atoms with van der Waals surface area (Å²) in [5.41, 5.74) is 0.776. The molecule has 0 aromatic heterocycles. The van der Waals surface area contributed by atoms with Crippen molar-refractivity contribution in [1.29, 1.82) is 0 Å². The van der Waals surface area contributed by atoms with Gasteiger partial charge in [0.2, 0.25) is 5.91 Å². The molecule has 0 heterocycles. The monoisotopic (exact) mass is 229 g/mol. The minimum atomic E-state index is -0.211. The molecule has 0 radical (unpaired) electrons. The number of hydrogen-bond donors (Lipinski definition) is 2. The fourth-order valence-electron chi connectivity index (χ4n) is 1.55. The van der Waals surface area contributed by atoms with Gasteiger partial charge in [0.25, 0.3) is 0 Å². The Labute approximate surface area is 99.4 Å². The zero-order chi connectivity index (χ0) is 11.5. The summed E-state index contributed by atoms with van der Waals surface area (Å²) in [7, 11) is 0. The second-order valence-corrected chi connectivity index (χ2v) is 3.92. The molecule has 2 nitrogen and oxygen atoms in total.